The summed E-state index contributed by atoms with van der Waals surface area (Å²) in [5.41, 5.74) is 2.93. The number of aliphatic imine (C=N–C) groups is 1. The average Bonchev–Trinajstić information content (AvgIpc) is 3.23. The van der Waals surface area contributed by atoms with Crippen molar-refractivity contribution in [3.05, 3.63) is 124 Å². The highest BCUT2D eigenvalue weighted by Crippen LogP contribution is 2.41. The maximum atomic E-state index is 13.5. The van der Waals surface area contributed by atoms with Gasteiger partial charge in [-0.2, -0.15) is 0 Å². The molecule has 0 aliphatic carbocycles. The third kappa shape index (κ3) is 5.74. The van der Waals surface area contributed by atoms with Crippen molar-refractivity contribution < 1.29 is 18.7 Å². The van der Waals surface area contributed by atoms with Crippen LogP contribution in [-0.4, -0.2) is 18.2 Å². The Balaban J connectivity index is 1.45. The van der Waals surface area contributed by atoms with E-state index in [1.807, 2.05) is 60.7 Å². The van der Waals surface area contributed by atoms with Gasteiger partial charge in [0.2, 0.25) is 0 Å². The number of benzene rings is 4. The molecule has 38 heavy (non-hydrogen) atoms. The van der Waals surface area contributed by atoms with Crippen molar-refractivity contribution in [2.45, 2.75) is 6.61 Å². The highest BCUT2D eigenvalue weighted by Gasteiger charge is 2.34. The van der Waals surface area contributed by atoms with E-state index in [1.165, 1.54) is 31.0 Å². The van der Waals surface area contributed by atoms with Gasteiger partial charge in [-0.15, -0.1) is 0 Å². The number of amides is 1. The molecule has 5 rings (SSSR count). The van der Waals surface area contributed by atoms with Gasteiger partial charge in [0.25, 0.3) is 5.91 Å². The number of hydrogen-bond acceptors (Lipinski definition) is 5. The molecule has 1 aliphatic rings. The fourth-order valence-electron chi connectivity index (χ4n) is 3.82. The molecule has 0 aromatic heterocycles. The number of hydrogen-bond donors (Lipinski definition) is 0. The van der Waals surface area contributed by atoms with Crippen molar-refractivity contribution in [2.75, 3.05) is 12.0 Å². The molecule has 0 N–H and O–H groups in total. The van der Waals surface area contributed by atoms with Crippen LogP contribution < -0.4 is 14.4 Å². The van der Waals surface area contributed by atoms with Gasteiger partial charge in [-0.3, -0.25) is 9.69 Å². The molecule has 0 radical (unpaired) electrons. The number of thioether (sulfide) groups is 1. The smallest absolute Gasteiger partial charge is 0.271 e. The number of rotatable bonds is 7. The van der Waals surface area contributed by atoms with E-state index in [0.29, 0.717) is 32.2 Å². The SMILES string of the molecule is COc1cc(/C=C2/SC(=Nc3ccccc3)N(c3ccccc3)C2=O)cc(Cl)c1OCc1ccc(F)cc1. The summed E-state index contributed by atoms with van der Waals surface area (Å²) in [6.45, 7) is 0.191. The Morgan fingerprint density at radius 2 is 1.66 bits per heavy atom. The lowest BCUT2D eigenvalue weighted by Crippen LogP contribution is -2.28. The number of methoxy groups -OCH3 is 1. The fourth-order valence-corrected chi connectivity index (χ4v) is 5.09. The van der Waals surface area contributed by atoms with Crippen molar-refractivity contribution in [2.24, 2.45) is 4.99 Å². The Morgan fingerprint density at radius 1 is 0.974 bits per heavy atom. The van der Waals surface area contributed by atoms with E-state index in [1.54, 1.807) is 35.2 Å². The molecule has 5 nitrogen and oxygen atoms in total. The highest BCUT2D eigenvalue weighted by atomic mass is 35.5. The maximum absolute atomic E-state index is 13.5. The van der Waals surface area contributed by atoms with E-state index in [9.17, 15) is 9.18 Å². The minimum Gasteiger partial charge on any atom is -0.493 e. The molecule has 0 spiro atoms. The molecule has 0 bridgehead atoms. The number of carbonyl (C=O) groups is 1. The second-order valence-electron chi connectivity index (χ2n) is 8.27. The first kappa shape index (κ1) is 25.6. The summed E-state index contributed by atoms with van der Waals surface area (Å²) in [6.07, 6.45) is 1.76. The average molecular weight is 545 g/mol. The molecule has 1 saturated heterocycles. The molecular weight excluding hydrogens is 523 g/mol. The number of anilines is 1. The van der Waals surface area contributed by atoms with Gasteiger partial charge in [0.15, 0.2) is 16.7 Å². The molecule has 0 unspecified atom stereocenters. The first-order valence-corrected chi connectivity index (χ1v) is 12.9. The van der Waals surface area contributed by atoms with E-state index < -0.39 is 0 Å². The van der Waals surface area contributed by atoms with Gasteiger partial charge in [0.05, 0.1) is 28.4 Å². The monoisotopic (exact) mass is 544 g/mol. The van der Waals surface area contributed by atoms with E-state index in [-0.39, 0.29) is 18.3 Å². The normalized spacial score (nSPS) is 15.3. The van der Waals surface area contributed by atoms with E-state index in [4.69, 9.17) is 26.1 Å². The van der Waals surface area contributed by atoms with Gasteiger partial charge in [-0.1, -0.05) is 60.1 Å². The van der Waals surface area contributed by atoms with Crippen molar-refractivity contribution >= 4 is 51.9 Å². The second-order valence-corrected chi connectivity index (χ2v) is 9.68. The van der Waals surface area contributed by atoms with Gasteiger partial charge in [0, 0.05) is 0 Å². The van der Waals surface area contributed by atoms with Gasteiger partial charge >= 0.3 is 0 Å². The Morgan fingerprint density at radius 3 is 2.34 bits per heavy atom. The molecule has 4 aromatic carbocycles. The fraction of sp³-hybridized carbons (Fsp3) is 0.0667. The molecule has 0 saturated carbocycles. The van der Waals surface area contributed by atoms with Gasteiger partial charge in [-0.05, 0) is 77.5 Å². The zero-order valence-corrected chi connectivity index (χ0v) is 21.9. The zero-order chi connectivity index (χ0) is 26.5. The summed E-state index contributed by atoms with van der Waals surface area (Å²) in [7, 11) is 1.52. The first-order chi connectivity index (χ1) is 18.5. The van der Waals surface area contributed by atoms with Crippen LogP contribution in [0.1, 0.15) is 11.1 Å². The van der Waals surface area contributed by atoms with Crippen LogP contribution in [0.25, 0.3) is 6.08 Å². The van der Waals surface area contributed by atoms with Crippen LogP contribution in [0.5, 0.6) is 11.5 Å². The van der Waals surface area contributed by atoms with E-state index >= 15 is 0 Å². The summed E-state index contributed by atoms with van der Waals surface area (Å²) in [6, 6.07) is 28.4. The van der Waals surface area contributed by atoms with E-state index in [0.717, 1.165) is 16.9 Å². The predicted molar refractivity (Wildman–Crippen MR) is 152 cm³/mol. The Kier molecular flexibility index (Phi) is 7.77. The van der Waals surface area contributed by atoms with Crippen LogP contribution in [0, 0.1) is 5.82 Å². The Hall–Kier alpha value is -4.07. The van der Waals surface area contributed by atoms with Gasteiger partial charge < -0.3 is 9.47 Å². The summed E-state index contributed by atoms with van der Waals surface area (Å²) in [4.78, 5) is 20.4. The van der Waals surface area contributed by atoms with Crippen LogP contribution in [0.3, 0.4) is 0 Å². The number of para-hydroxylation sites is 2. The lowest BCUT2D eigenvalue weighted by molar-refractivity contribution is -0.113. The molecule has 1 aliphatic heterocycles. The Bertz CT molecular complexity index is 1510. The van der Waals surface area contributed by atoms with Crippen LogP contribution in [0.4, 0.5) is 15.8 Å². The number of carbonyl (C=O) groups excluding carboxylic acids is 1. The predicted octanol–water partition coefficient (Wildman–Crippen LogP) is 7.88. The summed E-state index contributed by atoms with van der Waals surface area (Å²) >= 11 is 7.85. The number of nitrogens with zero attached hydrogens (tertiary/aromatic N) is 2. The number of ether oxygens (including phenoxy) is 2. The second kappa shape index (κ2) is 11.5. The van der Waals surface area contributed by atoms with Crippen LogP contribution in [-0.2, 0) is 11.4 Å². The van der Waals surface area contributed by atoms with Gasteiger partial charge in [-0.25, -0.2) is 9.38 Å². The molecule has 8 heteroatoms. The summed E-state index contributed by atoms with van der Waals surface area (Å²) < 4.78 is 24.6. The number of halogens is 2. The molecule has 1 fully saturated rings. The first-order valence-electron chi connectivity index (χ1n) is 11.7. The van der Waals surface area contributed by atoms with Crippen LogP contribution in [0.15, 0.2) is 107 Å². The lowest BCUT2D eigenvalue weighted by Gasteiger charge is -2.15. The largest absolute Gasteiger partial charge is 0.493 e. The minimum absolute atomic E-state index is 0.191. The third-order valence-electron chi connectivity index (χ3n) is 5.65. The minimum atomic E-state index is -0.316. The van der Waals surface area contributed by atoms with Crippen molar-refractivity contribution in [3.8, 4) is 11.5 Å². The summed E-state index contributed by atoms with van der Waals surface area (Å²) in [5, 5.41) is 0.878. The highest BCUT2D eigenvalue weighted by molar-refractivity contribution is 8.19. The molecule has 0 atom stereocenters. The molecular formula is C30H22ClFN2O3S. The molecule has 1 heterocycles. The summed E-state index contributed by atoms with van der Waals surface area (Å²) in [5.74, 6) is 0.273. The zero-order valence-electron chi connectivity index (χ0n) is 20.3. The standard InChI is InChI=1S/C30H22ClFN2O3S/c1-36-26-17-21(16-25(31)28(26)37-19-20-12-14-22(32)15-13-20)18-27-29(35)34(24-10-6-3-7-11-24)30(38-27)33-23-8-4-2-5-9-23/h2-18H,19H2,1H3/b27-18+,33-30?. The van der Waals surface area contributed by atoms with Crippen LogP contribution in [0.2, 0.25) is 5.02 Å². The lowest BCUT2D eigenvalue weighted by atomic mass is 10.1. The third-order valence-corrected chi connectivity index (χ3v) is 6.90. The molecule has 190 valence electrons. The Labute approximate surface area is 229 Å². The molecule has 1 amide bonds. The van der Waals surface area contributed by atoms with Crippen LogP contribution >= 0.6 is 23.4 Å². The number of amidine groups is 1. The van der Waals surface area contributed by atoms with E-state index in [2.05, 4.69) is 0 Å². The topological polar surface area (TPSA) is 51.1 Å². The van der Waals surface area contributed by atoms with Crippen molar-refractivity contribution in [1.29, 1.82) is 0 Å². The maximum Gasteiger partial charge on any atom is 0.271 e. The van der Waals surface area contributed by atoms with Crippen molar-refractivity contribution in [3.63, 3.8) is 0 Å². The quantitative estimate of drug-likeness (QED) is 0.222. The van der Waals surface area contributed by atoms with Gasteiger partial charge in [0.1, 0.15) is 12.4 Å². The van der Waals surface area contributed by atoms with Crippen molar-refractivity contribution in [1.82, 2.24) is 0 Å². The molecule has 4 aromatic rings.